The van der Waals surface area contributed by atoms with Crippen LogP contribution in [0.5, 0.6) is 5.75 Å². The zero-order valence-corrected chi connectivity index (χ0v) is 10.7. The van der Waals surface area contributed by atoms with E-state index in [4.69, 9.17) is 21.1 Å². The van der Waals surface area contributed by atoms with E-state index in [1.54, 1.807) is 14.2 Å². The van der Waals surface area contributed by atoms with Crippen LogP contribution in [0.1, 0.15) is 13.3 Å². The van der Waals surface area contributed by atoms with E-state index < -0.39 is 0 Å². The largest absolute Gasteiger partial charge is 0.495 e. The van der Waals surface area contributed by atoms with E-state index in [2.05, 4.69) is 12.2 Å². The van der Waals surface area contributed by atoms with Gasteiger partial charge in [-0.05, 0) is 31.5 Å². The lowest BCUT2D eigenvalue weighted by Gasteiger charge is -2.17. The first kappa shape index (κ1) is 13.1. The number of nitrogens with one attached hydrogen (secondary N) is 1. The van der Waals surface area contributed by atoms with Gasteiger partial charge >= 0.3 is 0 Å². The smallest absolute Gasteiger partial charge is 0.142 e. The molecule has 0 saturated carbocycles. The van der Waals surface area contributed by atoms with Gasteiger partial charge in [-0.25, -0.2) is 0 Å². The number of methoxy groups -OCH3 is 2. The highest BCUT2D eigenvalue weighted by atomic mass is 35.5. The van der Waals surface area contributed by atoms with Crippen molar-refractivity contribution >= 4 is 17.3 Å². The molecule has 4 heteroatoms. The maximum atomic E-state index is 5.94. The van der Waals surface area contributed by atoms with Crippen molar-refractivity contribution in [3.8, 4) is 5.75 Å². The average Bonchev–Trinajstić information content (AvgIpc) is 2.27. The molecule has 0 aliphatic rings. The molecule has 0 aromatic heterocycles. The molecule has 0 radical (unpaired) electrons. The van der Waals surface area contributed by atoms with E-state index in [1.807, 2.05) is 18.2 Å². The number of anilines is 1. The van der Waals surface area contributed by atoms with Crippen molar-refractivity contribution in [2.45, 2.75) is 19.4 Å². The van der Waals surface area contributed by atoms with Crippen LogP contribution in [0, 0.1) is 0 Å². The Morgan fingerprint density at radius 1 is 1.38 bits per heavy atom. The third kappa shape index (κ3) is 3.91. The average molecular weight is 244 g/mol. The first-order valence-electron chi connectivity index (χ1n) is 5.26. The molecule has 1 rings (SSSR count). The zero-order valence-electron chi connectivity index (χ0n) is 9.92. The predicted octanol–water partition coefficient (Wildman–Crippen LogP) is 3.19. The normalized spacial score (nSPS) is 12.2. The highest BCUT2D eigenvalue weighted by Crippen LogP contribution is 2.28. The number of hydrogen-bond acceptors (Lipinski definition) is 3. The van der Waals surface area contributed by atoms with Crippen LogP contribution >= 0.6 is 11.6 Å². The van der Waals surface area contributed by atoms with Crippen LogP contribution in [-0.4, -0.2) is 26.9 Å². The molecular formula is C12H18ClNO2. The molecule has 0 bridgehead atoms. The van der Waals surface area contributed by atoms with Gasteiger partial charge in [0.1, 0.15) is 5.75 Å². The standard InChI is InChI=1S/C12H18ClNO2/c1-9(6-7-15-2)14-11-8-10(13)4-5-12(11)16-3/h4-5,8-9,14H,6-7H2,1-3H3. The van der Waals surface area contributed by atoms with Crippen molar-refractivity contribution in [3.63, 3.8) is 0 Å². The van der Waals surface area contributed by atoms with Crippen molar-refractivity contribution < 1.29 is 9.47 Å². The van der Waals surface area contributed by atoms with E-state index in [0.717, 1.165) is 24.5 Å². The topological polar surface area (TPSA) is 30.5 Å². The Morgan fingerprint density at radius 2 is 2.12 bits per heavy atom. The molecule has 1 N–H and O–H groups in total. The van der Waals surface area contributed by atoms with E-state index in [9.17, 15) is 0 Å². The molecule has 3 nitrogen and oxygen atoms in total. The maximum absolute atomic E-state index is 5.94. The lowest BCUT2D eigenvalue weighted by molar-refractivity contribution is 0.191. The quantitative estimate of drug-likeness (QED) is 0.833. The Morgan fingerprint density at radius 3 is 2.75 bits per heavy atom. The van der Waals surface area contributed by atoms with Crippen LogP contribution in [0.2, 0.25) is 5.02 Å². The van der Waals surface area contributed by atoms with E-state index in [0.29, 0.717) is 11.1 Å². The molecule has 0 aliphatic carbocycles. The Hall–Kier alpha value is -0.930. The van der Waals surface area contributed by atoms with Gasteiger partial charge in [0, 0.05) is 24.8 Å². The predicted molar refractivity (Wildman–Crippen MR) is 67.6 cm³/mol. The van der Waals surface area contributed by atoms with Crippen LogP contribution in [0.3, 0.4) is 0 Å². The molecule has 1 atom stereocenters. The van der Waals surface area contributed by atoms with Gasteiger partial charge in [0.15, 0.2) is 0 Å². The summed E-state index contributed by atoms with van der Waals surface area (Å²) < 4.78 is 10.3. The monoisotopic (exact) mass is 243 g/mol. The van der Waals surface area contributed by atoms with Gasteiger partial charge in [-0.3, -0.25) is 0 Å². The third-order valence-corrected chi connectivity index (χ3v) is 2.55. The maximum Gasteiger partial charge on any atom is 0.142 e. The Labute approximate surface area is 102 Å². The molecule has 16 heavy (non-hydrogen) atoms. The Balaban J connectivity index is 2.67. The van der Waals surface area contributed by atoms with Crippen molar-refractivity contribution in [2.24, 2.45) is 0 Å². The first-order chi connectivity index (χ1) is 7.67. The van der Waals surface area contributed by atoms with Crippen molar-refractivity contribution in [3.05, 3.63) is 23.2 Å². The molecule has 0 fully saturated rings. The van der Waals surface area contributed by atoms with Crippen LogP contribution in [0.25, 0.3) is 0 Å². The summed E-state index contributed by atoms with van der Waals surface area (Å²) in [4.78, 5) is 0. The first-order valence-corrected chi connectivity index (χ1v) is 5.64. The second-order valence-electron chi connectivity index (χ2n) is 3.67. The minimum atomic E-state index is 0.312. The van der Waals surface area contributed by atoms with Crippen molar-refractivity contribution in [1.29, 1.82) is 0 Å². The van der Waals surface area contributed by atoms with Crippen LogP contribution in [0.15, 0.2) is 18.2 Å². The van der Waals surface area contributed by atoms with Crippen LogP contribution < -0.4 is 10.1 Å². The minimum absolute atomic E-state index is 0.312. The van der Waals surface area contributed by atoms with Gasteiger partial charge in [-0.15, -0.1) is 0 Å². The number of ether oxygens (including phenoxy) is 2. The van der Waals surface area contributed by atoms with Gasteiger partial charge < -0.3 is 14.8 Å². The summed E-state index contributed by atoms with van der Waals surface area (Å²) in [5.41, 5.74) is 0.915. The van der Waals surface area contributed by atoms with Gasteiger partial charge in [0.25, 0.3) is 0 Å². The van der Waals surface area contributed by atoms with Crippen LogP contribution in [-0.2, 0) is 4.74 Å². The molecule has 1 aromatic rings. The molecule has 1 aromatic carbocycles. The summed E-state index contributed by atoms with van der Waals surface area (Å²) >= 11 is 5.94. The fourth-order valence-electron chi connectivity index (χ4n) is 1.43. The molecule has 0 spiro atoms. The van der Waals surface area contributed by atoms with Crippen molar-refractivity contribution in [2.75, 3.05) is 26.1 Å². The van der Waals surface area contributed by atoms with Gasteiger partial charge in [0.2, 0.25) is 0 Å². The Bertz CT molecular complexity index is 331. The summed E-state index contributed by atoms with van der Waals surface area (Å²) in [6.45, 7) is 2.83. The lowest BCUT2D eigenvalue weighted by Crippen LogP contribution is -2.17. The number of halogens is 1. The third-order valence-electron chi connectivity index (χ3n) is 2.32. The SMILES string of the molecule is COCCC(C)Nc1cc(Cl)ccc1OC. The number of hydrogen-bond donors (Lipinski definition) is 1. The molecule has 90 valence electrons. The van der Waals surface area contributed by atoms with Gasteiger partial charge in [0.05, 0.1) is 12.8 Å². The fourth-order valence-corrected chi connectivity index (χ4v) is 1.60. The number of rotatable bonds is 6. The van der Waals surface area contributed by atoms with Crippen molar-refractivity contribution in [1.82, 2.24) is 0 Å². The second kappa shape index (κ2) is 6.61. The summed E-state index contributed by atoms with van der Waals surface area (Å²) in [5, 5.41) is 4.04. The van der Waals surface area contributed by atoms with E-state index in [-0.39, 0.29) is 0 Å². The summed E-state index contributed by atoms with van der Waals surface area (Å²) in [6.07, 6.45) is 0.937. The Kier molecular flexibility index (Phi) is 5.43. The van der Waals surface area contributed by atoms with Crippen LogP contribution in [0.4, 0.5) is 5.69 Å². The van der Waals surface area contributed by atoms with E-state index in [1.165, 1.54) is 0 Å². The number of benzene rings is 1. The zero-order chi connectivity index (χ0) is 12.0. The molecule has 0 amide bonds. The summed E-state index contributed by atoms with van der Waals surface area (Å²) in [6, 6.07) is 5.84. The lowest BCUT2D eigenvalue weighted by atomic mass is 10.2. The molecule has 0 aliphatic heterocycles. The van der Waals surface area contributed by atoms with Gasteiger partial charge in [-0.1, -0.05) is 11.6 Å². The highest BCUT2D eigenvalue weighted by Gasteiger charge is 2.07. The molecule has 1 unspecified atom stereocenters. The fraction of sp³-hybridized carbons (Fsp3) is 0.500. The molecule has 0 heterocycles. The minimum Gasteiger partial charge on any atom is -0.495 e. The molecule has 0 saturated heterocycles. The molecular weight excluding hydrogens is 226 g/mol. The second-order valence-corrected chi connectivity index (χ2v) is 4.11. The summed E-state index contributed by atoms with van der Waals surface area (Å²) in [5.74, 6) is 0.800. The van der Waals surface area contributed by atoms with Gasteiger partial charge in [-0.2, -0.15) is 0 Å². The van der Waals surface area contributed by atoms with E-state index >= 15 is 0 Å². The highest BCUT2D eigenvalue weighted by molar-refractivity contribution is 6.30. The summed E-state index contributed by atoms with van der Waals surface area (Å²) in [7, 11) is 3.35.